The van der Waals surface area contributed by atoms with E-state index >= 15 is 0 Å². The molecule has 33 heavy (non-hydrogen) atoms. The van der Waals surface area contributed by atoms with Crippen molar-refractivity contribution in [3.05, 3.63) is 47.9 Å². The van der Waals surface area contributed by atoms with Crippen LogP contribution < -0.4 is 5.32 Å². The van der Waals surface area contributed by atoms with Crippen LogP contribution in [0.25, 0.3) is 11.0 Å². The average molecular weight is 464 g/mol. The number of aromatic nitrogens is 2. The monoisotopic (exact) mass is 464 g/mol. The van der Waals surface area contributed by atoms with E-state index in [0.29, 0.717) is 37.2 Å². The smallest absolute Gasteiger partial charge is 0.416 e. The Bertz CT molecular complexity index is 1130. The van der Waals surface area contributed by atoms with E-state index in [4.69, 9.17) is 9.15 Å². The largest absolute Gasteiger partial charge is 0.467 e. The highest BCUT2D eigenvalue weighted by atomic mass is 19.4. The van der Waals surface area contributed by atoms with Gasteiger partial charge in [-0.05, 0) is 50.1 Å². The molecule has 1 aliphatic heterocycles. The summed E-state index contributed by atoms with van der Waals surface area (Å²) in [6.45, 7) is 2.96. The molecule has 3 aromatic rings. The SMILES string of the molecule is CCOC(=O)N1CCC(C(=O)Nc2nc3cc(C(F)(F)F)ccc3n2Cc2ccco2)CC1. The Morgan fingerprint density at radius 3 is 2.64 bits per heavy atom. The molecule has 1 N–H and O–H groups in total. The van der Waals surface area contributed by atoms with Gasteiger partial charge in [-0.2, -0.15) is 13.2 Å². The summed E-state index contributed by atoms with van der Waals surface area (Å²) in [7, 11) is 0. The third-order valence-electron chi connectivity index (χ3n) is 5.60. The van der Waals surface area contributed by atoms with Crippen molar-refractivity contribution >= 4 is 29.0 Å². The highest BCUT2D eigenvalue weighted by molar-refractivity contribution is 5.93. The number of carbonyl (C=O) groups excluding carboxylic acids is 2. The second-order valence-electron chi connectivity index (χ2n) is 7.75. The van der Waals surface area contributed by atoms with Crippen LogP contribution in [0.5, 0.6) is 0 Å². The minimum atomic E-state index is -4.50. The first-order valence-corrected chi connectivity index (χ1v) is 10.6. The fourth-order valence-electron chi connectivity index (χ4n) is 3.87. The number of carbonyl (C=O) groups is 2. The Labute approximate surface area is 187 Å². The highest BCUT2D eigenvalue weighted by Gasteiger charge is 2.32. The Morgan fingerprint density at radius 1 is 1.24 bits per heavy atom. The van der Waals surface area contributed by atoms with Crippen molar-refractivity contribution in [1.29, 1.82) is 0 Å². The number of alkyl halides is 3. The van der Waals surface area contributed by atoms with Crippen molar-refractivity contribution in [2.75, 3.05) is 25.0 Å². The van der Waals surface area contributed by atoms with Gasteiger partial charge in [-0.3, -0.25) is 10.1 Å². The molecule has 8 nitrogen and oxygen atoms in total. The quantitative estimate of drug-likeness (QED) is 0.601. The standard InChI is InChI=1S/C22H23F3N4O4/c1-2-32-21(31)28-9-7-14(8-10-28)19(30)27-20-26-17-12-15(22(23,24)25)5-6-18(17)29(20)13-16-4-3-11-33-16/h3-6,11-12,14H,2,7-10,13H2,1H3,(H,26,27,30). The van der Waals surface area contributed by atoms with E-state index in [1.807, 2.05) is 0 Å². The van der Waals surface area contributed by atoms with E-state index in [9.17, 15) is 22.8 Å². The van der Waals surface area contributed by atoms with Gasteiger partial charge in [0, 0.05) is 19.0 Å². The van der Waals surface area contributed by atoms with Gasteiger partial charge in [0.2, 0.25) is 11.9 Å². The third-order valence-corrected chi connectivity index (χ3v) is 5.60. The van der Waals surface area contributed by atoms with E-state index in [-0.39, 0.29) is 36.4 Å². The molecule has 4 rings (SSSR count). The normalized spacial score (nSPS) is 15.1. The lowest BCUT2D eigenvalue weighted by molar-refractivity contribution is -0.137. The molecule has 1 aromatic carbocycles. The number of rotatable bonds is 5. The number of furan rings is 1. The summed E-state index contributed by atoms with van der Waals surface area (Å²) in [5.41, 5.74) is -0.266. The van der Waals surface area contributed by atoms with Gasteiger partial charge in [0.25, 0.3) is 0 Å². The van der Waals surface area contributed by atoms with Gasteiger partial charge >= 0.3 is 12.3 Å². The lowest BCUT2D eigenvalue weighted by Crippen LogP contribution is -2.41. The number of nitrogens with one attached hydrogen (secondary N) is 1. The van der Waals surface area contributed by atoms with Gasteiger partial charge in [0.1, 0.15) is 5.76 Å². The maximum absolute atomic E-state index is 13.2. The number of piperidine rings is 1. The van der Waals surface area contributed by atoms with Crippen LogP contribution in [0.15, 0.2) is 41.0 Å². The second kappa shape index (κ2) is 9.16. The lowest BCUT2D eigenvalue weighted by Gasteiger charge is -2.30. The molecule has 0 unspecified atom stereocenters. The van der Waals surface area contributed by atoms with Gasteiger partial charge in [-0.1, -0.05) is 0 Å². The van der Waals surface area contributed by atoms with Crippen LogP contribution >= 0.6 is 0 Å². The maximum atomic E-state index is 13.2. The maximum Gasteiger partial charge on any atom is 0.416 e. The lowest BCUT2D eigenvalue weighted by atomic mass is 9.96. The number of hydrogen-bond acceptors (Lipinski definition) is 5. The van der Waals surface area contributed by atoms with Crippen molar-refractivity contribution in [3.8, 4) is 0 Å². The minimum absolute atomic E-state index is 0.115. The van der Waals surface area contributed by atoms with Crippen LogP contribution in [0.3, 0.4) is 0 Å². The van der Waals surface area contributed by atoms with Crippen LogP contribution in [0.2, 0.25) is 0 Å². The summed E-state index contributed by atoms with van der Waals surface area (Å²) in [6.07, 6.45) is -2.53. The number of ether oxygens (including phenoxy) is 1. The van der Waals surface area contributed by atoms with E-state index in [1.54, 1.807) is 28.5 Å². The molecular formula is C22H23F3N4O4. The molecule has 0 atom stereocenters. The fraction of sp³-hybridized carbons (Fsp3) is 0.409. The molecule has 3 heterocycles. The summed E-state index contributed by atoms with van der Waals surface area (Å²) in [5, 5.41) is 2.76. The second-order valence-corrected chi connectivity index (χ2v) is 7.75. The molecule has 1 fully saturated rings. The summed E-state index contributed by atoms with van der Waals surface area (Å²) < 4.78 is 51.5. The van der Waals surface area contributed by atoms with Crippen LogP contribution in [-0.4, -0.2) is 46.1 Å². The Morgan fingerprint density at radius 2 is 2.00 bits per heavy atom. The number of anilines is 1. The highest BCUT2D eigenvalue weighted by Crippen LogP contribution is 2.32. The fourth-order valence-corrected chi connectivity index (χ4v) is 3.87. The molecular weight excluding hydrogens is 441 g/mol. The zero-order valence-corrected chi connectivity index (χ0v) is 17.9. The first-order valence-electron chi connectivity index (χ1n) is 10.6. The van der Waals surface area contributed by atoms with Crippen LogP contribution in [0.1, 0.15) is 31.1 Å². The zero-order chi connectivity index (χ0) is 23.6. The zero-order valence-electron chi connectivity index (χ0n) is 17.9. The molecule has 176 valence electrons. The third kappa shape index (κ3) is 4.96. The summed E-state index contributed by atoms with van der Waals surface area (Å²) in [4.78, 5) is 30.6. The number of amides is 2. The molecule has 0 radical (unpaired) electrons. The first kappa shape index (κ1) is 22.7. The predicted octanol–water partition coefficient (Wildman–Crippen LogP) is 4.50. The van der Waals surface area contributed by atoms with Gasteiger partial charge in [0.05, 0.1) is 36.0 Å². The van der Waals surface area contributed by atoms with Crippen LogP contribution in [0, 0.1) is 5.92 Å². The molecule has 0 bridgehead atoms. The van der Waals surface area contributed by atoms with Crippen LogP contribution in [-0.2, 0) is 22.3 Å². The Balaban J connectivity index is 1.56. The number of nitrogens with zero attached hydrogens (tertiary/aromatic N) is 3. The van der Waals surface area contributed by atoms with E-state index in [1.165, 1.54) is 12.3 Å². The number of likely N-dealkylation sites (tertiary alicyclic amines) is 1. The van der Waals surface area contributed by atoms with Crippen molar-refractivity contribution in [2.45, 2.75) is 32.5 Å². The minimum Gasteiger partial charge on any atom is -0.467 e. The topological polar surface area (TPSA) is 89.6 Å². The summed E-state index contributed by atoms with van der Waals surface area (Å²) in [5.74, 6) is 0.0369. The van der Waals surface area contributed by atoms with Crippen molar-refractivity contribution in [3.63, 3.8) is 0 Å². The Kier molecular flexibility index (Phi) is 6.30. The Hall–Kier alpha value is -3.50. The molecule has 1 saturated heterocycles. The molecule has 0 spiro atoms. The number of halogens is 3. The van der Waals surface area contributed by atoms with Gasteiger partial charge < -0.3 is 18.6 Å². The van der Waals surface area contributed by atoms with Crippen molar-refractivity contribution in [2.24, 2.45) is 5.92 Å². The molecule has 2 aromatic heterocycles. The van der Waals surface area contributed by atoms with Crippen LogP contribution in [0.4, 0.5) is 23.9 Å². The van der Waals surface area contributed by atoms with Gasteiger partial charge in [0.15, 0.2) is 0 Å². The molecule has 1 aliphatic rings. The van der Waals surface area contributed by atoms with Crippen molar-refractivity contribution < 1.29 is 31.9 Å². The average Bonchev–Trinajstić information content (AvgIpc) is 3.41. The predicted molar refractivity (Wildman–Crippen MR) is 112 cm³/mol. The van der Waals surface area contributed by atoms with Gasteiger partial charge in [-0.15, -0.1) is 0 Å². The first-order chi connectivity index (χ1) is 15.8. The summed E-state index contributed by atoms with van der Waals surface area (Å²) in [6, 6.07) is 6.71. The molecule has 11 heteroatoms. The van der Waals surface area contributed by atoms with Crippen molar-refractivity contribution in [1.82, 2.24) is 14.5 Å². The van der Waals surface area contributed by atoms with E-state index < -0.39 is 17.8 Å². The number of fused-ring (bicyclic) bond motifs is 1. The van der Waals surface area contributed by atoms with E-state index in [2.05, 4.69) is 10.3 Å². The number of benzene rings is 1. The summed E-state index contributed by atoms with van der Waals surface area (Å²) >= 11 is 0. The number of imidazole rings is 1. The number of hydrogen-bond donors (Lipinski definition) is 1. The molecule has 0 saturated carbocycles. The van der Waals surface area contributed by atoms with Gasteiger partial charge in [-0.25, -0.2) is 9.78 Å². The molecule has 2 amide bonds. The molecule has 0 aliphatic carbocycles. The van der Waals surface area contributed by atoms with E-state index in [0.717, 1.165) is 12.1 Å².